The minimum absolute atomic E-state index is 0.111. The van der Waals surface area contributed by atoms with Crippen molar-refractivity contribution in [3.05, 3.63) is 76.2 Å². The molecule has 2 heterocycles. The van der Waals surface area contributed by atoms with Gasteiger partial charge in [0.05, 0.1) is 23.5 Å². The van der Waals surface area contributed by atoms with Gasteiger partial charge in [0.15, 0.2) is 0 Å². The van der Waals surface area contributed by atoms with Gasteiger partial charge < -0.3 is 15.0 Å². The minimum Gasteiger partial charge on any atom is -0.494 e. The second-order valence-electron chi connectivity index (χ2n) is 6.71. The fourth-order valence-corrected chi connectivity index (χ4v) is 4.79. The topological polar surface area (TPSA) is 84.1 Å². The van der Waals surface area contributed by atoms with Crippen molar-refractivity contribution in [3.8, 4) is 16.9 Å². The molecule has 4 aromatic rings. The molecule has 0 aliphatic rings. The molecule has 0 saturated carbocycles. The lowest BCUT2D eigenvalue weighted by Crippen LogP contribution is -2.15. The molecule has 8 heteroatoms. The van der Waals surface area contributed by atoms with Gasteiger partial charge in [-0.25, -0.2) is 4.98 Å². The van der Waals surface area contributed by atoms with E-state index in [4.69, 9.17) is 4.74 Å². The van der Waals surface area contributed by atoms with Crippen LogP contribution in [0.25, 0.3) is 21.3 Å². The van der Waals surface area contributed by atoms with Crippen LogP contribution in [0.15, 0.2) is 64.8 Å². The fraction of sp³-hybridized carbons (Fsp3) is 0.174. The van der Waals surface area contributed by atoms with E-state index in [2.05, 4.69) is 15.3 Å². The molecule has 2 N–H and O–H groups in total. The largest absolute Gasteiger partial charge is 0.494 e. The predicted molar refractivity (Wildman–Crippen MR) is 128 cm³/mol. The highest BCUT2D eigenvalue weighted by Gasteiger charge is 2.13. The van der Waals surface area contributed by atoms with Crippen LogP contribution in [0.3, 0.4) is 0 Å². The van der Waals surface area contributed by atoms with Gasteiger partial charge in [0.2, 0.25) is 5.91 Å². The van der Waals surface area contributed by atoms with Crippen molar-refractivity contribution in [3.63, 3.8) is 0 Å². The van der Waals surface area contributed by atoms with Gasteiger partial charge >= 0.3 is 0 Å². The maximum absolute atomic E-state index is 12.7. The van der Waals surface area contributed by atoms with Crippen molar-refractivity contribution in [2.75, 3.05) is 17.7 Å². The number of aromatic amines is 1. The third kappa shape index (κ3) is 5.15. The Morgan fingerprint density at radius 3 is 2.68 bits per heavy atom. The van der Waals surface area contributed by atoms with Crippen LogP contribution in [0, 0.1) is 0 Å². The van der Waals surface area contributed by atoms with Crippen molar-refractivity contribution >= 4 is 44.9 Å². The molecule has 0 unspecified atom stereocenters. The third-order valence-corrected chi connectivity index (χ3v) is 6.31. The SMILES string of the molecule is CCOc1ccc(NC(=O)CSCc2nc3scc(-c4ccccc4)c3c(=O)[nH]2)cc1. The smallest absolute Gasteiger partial charge is 0.260 e. The Kier molecular flexibility index (Phi) is 6.69. The number of thiophene rings is 1. The van der Waals surface area contributed by atoms with E-state index < -0.39 is 0 Å². The summed E-state index contributed by atoms with van der Waals surface area (Å²) in [5, 5.41) is 5.43. The second kappa shape index (κ2) is 9.80. The first-order chi connectivity index (χ1) is 15.1. The number of ether oxygens (including phenoxy) is 1. The van der Waals surface area contributed by atoms with Crippen LogP contribution in [-0.2, 0) is 10.5 Å². The number of carbonyl (C=O) groups is 1. The average Bonchev–Trinajstić information content (AvgIpc) is 3.21. The van der Waals surface area contributed by atoms with Gasteiger partial charge in [0, 0.05) is 16.6 Å². The van der Waals surface area contributed by atoms with Gasteiger partial charge in [0.1, 0.15) is 16.4 Å². The lowest BCUT2D eigenvalue weighted by Gasteiger charge is -2.07. The molecule has 2 aromatic heterocycles. The number of hydrogen-bond acceptors (Lipinski definition) is 6. The van der Waals surface area contributed by atoms with E-state index in [1.54, 1.807) is 0 Å². The van der Waals surface area contributed by atoms with Crippen molar-refractivity contribution < 1.29 is 9.53 Å². The zero-order valence-electron chi connectivity index (χ0n) is 16.9. The first-order valence-electron chi connectivity index (χ1n) is 9.80. The number of amides is 1. The van der Waals surface area contributed by atoms with E-state index in [1.807, 2.05) is 66.9 Å². The van der Waals surface area contributed by atoms with E-state index in [9.17, 15) is 9.59 Å². The van der Waals surface area contributed by atoms with Crippen LogP contribution in [-0.4, -0.2) is 28.2 Å². The summed E-state index contributed by atoms with van der Waals surface area (Å²) < 4.78 is 5.39. The highest BCUT2D eigenvalue weighted by Crippen LogP contribution is 2.30. The summed E-state index contributed by atoms with van der Waals surface area (Å²) >= 11 is 2.85. The first-order valence-corrected chi connectivity index (χ1v) is 11.8. The molecule has 0 aliphatic carbocycles. The quantitative estimate of drug-likeness (QED) is 0.397. The third-order valence-electron chi connectivity index (χ3n) is 4.50. The molecule has 0 atom stereocenters. The van der Waals surface area contributed by atoms with Crippen molar-refractivity contribution in [1.82, 2.24) is 9.97 Å². The normalized spacial score (nSPS) is 10.9. The molecule has 2 aromatic carbocycles. The lowest BCUT2D eigenvalue weighted by atomic mass is 10.1. The van der Waals surface area contributed by atoms with Gasteiger partial charge in [-0.15, -0.1) is 23.1 Å². The number of thioether (sulfide) groups is 1. The van der Waals surface area contributed by atoms with E-state index >= 15 is 0 Å². The molecule has 0 fully saturated rings. The Labute approximate surface area is 187 Å². The van der Waals surface area contributed by atoms with E-state index in [1.165, 1.54) is 23.1 Å². The summed E-state index contributed by atoms with van der Waals surface area (Å²) in [6, 6.07) is 17.1. The minimum atomic E-state index is -0.153. The number of H-pyrrole nitrogens is 1. The fourth-order valence-electron chi connectivity index (χ4n) is 3.13. The van der Waals surface area contributed by atoms with Crippen molar-refractivity contribution in [1.29, 1.82) is 0 Å². The second-order valence-corrected chi connectivity index (χ2v) is 8.55. The number of benzene rings is 2. The molecule has 6 nitrogen and oxygen atoms in total. The van der Waals surface area contributed by atoms with Crippen LogP contribution >= 0.6 is 23.1 Å². The summed E-state index contributed by atoms with van der Waals surface area (Å²) in [4.78, 5) is 33.0. The zero-order valence-corrected chi connectivity index (χ0v) is 18.5. The summed E-state index contributed by atoms with van der Waals surface area (Å²) in [6.07, 6.45) is 0. The molecule has 0 radical (unpaired) electrons. The molecule has 1 amide bonds. The summed E-state index contributed by atoms with van der Waals surface area (Å²) in [5.41, 5.74) is 2.45. The average molecular weight is 452 g/mol. The monoisotopic (exact) mass is 451 g/mol. The molecule has 158 valence electrons. The number of hydrogen-bond donors (Lipinski definition) is 2. The van der Waals surface area contributed by atoms with Crippen LogP contribution in [0.5, 0.6) is 5.75 Å². The van der Waals surface area contributed by atoms with E-state index in [0.717, 1.165) is 16.9 Å². The Morgan fingerprint density at radius 2 is 1.94 bits per heavy atom. The Morgan fingerprint density at radius 1 is 1.16 bits per heavy atom. The molecule has 0 spiro atoms. The number of anilines is 1. The molecule has 4 rings (SSSR count). The van der Waals surface area contributed by atoms with Gasteiger partial charge in [-0.05, 0) is 36.8 Å². The maximum atomic E-state index is 12.7. The molecular weight excluding hydrogens is 430 g/mol. The van der Waals surface area contributed by atoms with Gasteiger partial charge in [-0.1, -0.05) is 30.3 Å². The molecule has 0 bridgehead atoms. The highest BCUT2D eigenvalue weighted by molar-refractivity contribution is 7.99. The van der Waals surface area contributed by atoms with Crippen LogP contribution in [0.4, 0.5) is 5.69 Å². The van der Waals surface area contributed by atoms with Gasteiger partial charge in [-0.2, -0.15) is 0 Å². The number of fused-ring (bicyclic) bond motifs is 1. The number of aromatic nitrogens is 2. The Bertz CT molecular complexity index is 1230. The van der Waals surface area contributed by atoms with Crippen LogP contribution in [0.1, 0.15) is 12.7 Å². The number of nitrogens with zero attached hydrogens (tertiary/aromatic N) is 1. The zero-order chi connectivity index (χ0) is 21.6. The Hall–Kier alpha value is -3.10. The molecular formula is C23H21N3O3S2. The summed E-state index contributed by atoms with van der Waals surface area (Å²) in [6.45, 7) is 2.52. The highest BCUT2D eigenvalue weighted by atomic mass is 32.2. The van der Waals surface area contributed by atoms with Gasteiger partial charge in [-0.3, -0.25) is 9.59 Å². The maximum Gasteiger partial charge on any atom is 0.260 e. The first kappa shape index (κ1) is 21.1. The number of nitrogens with one attached hydrogen (secondary N) is 2. The molecule has 31 heavy (non-hydrogen) atoms. The molecule has 0 saturated heterocycles. The van der Waals surface area contributed by atoms with E-state index in [-0.39, 0.29) is 17.2 Å². The lowest BCUT2D eigenvalue weighted by molar-refractivity contribution is -0.113. The summed E-state index contributed by atoms with van der Waals surface area (Å²) in [5.74, 6) is 1.93. The predicted octanol–water partition coefficient (Wildman–Crippen LogP) is 4.92. The standard InChI is InChI=1S/C23H21N3O3S2/c1-2-29-17-10-8-16(9-11-17)24-20(27)14-30-13-19-25-22(28)21-18(12-31-23(21)26-19)15-6-4-3-5-7-15/h3-12H,2,13-14H2,1H3,(H,24,27)(H,25,26,28). The number of rotatable bonds is 8. The van der Waals surface area contributed by atoms with Gasteiger partial charge in [0.25, 0.3) is 5.56 Å². The summed E-state index contributed by atoms with van der Waals surface area (Å²) in [7, 11) is 0. The van der Waals surface area contributed by atoms with Crippen LogP contribution in [0.2, 0.25) is 0 Å². The van der Waals surface area contributed by atoms with Crippen molar-refractivity contribution in [2.24, 2.45) is 0 Å². The molecule has 0 aliphatic heterocycles. The number of carbonyl (C=O) groups excluding carboxylic acids is 1. The Balaban J connectivity index is 1.37. The van der Waals surface area contributed by atoms with Crippen LogP contribution < -0.4 is 15.6 Å². The van der Waals surface area contributed by atoms with Crippen molar-refractivity contribution in [2.45, 2.75) is 12.7 Å². The van der Waals surface area contributed by atoms with E-state index in [0.29, 0.717) is 34.1 Å².